The SMILES string of the molecule is CCC(=O)N(C(C)C)C(C)C(=O)c1c(C)[nH]c(C(=O)OC)c1C. The number of rotatable bonds is 6. The number of carbonyl (C=O) groups excluding carboxylic acids is 3. The molecule has 1 aromatic heterocycles. The quantitative estimate of drug-likeness (QED) is 0.645. The molecule has 0 aliphatic heterocycles. The van der Waals surface area contributed by atoms with Crippen LogP contribution in [0.15, 0.2) is 0 Å². The molecule has 1 aromatic rings. The lowest BCUT2D eigenvalue weighted by atomic mass is 9.99. The van der Waals surface area contributed by atoms with E-state index in [-0.39, 0.29) is 23.4 Å². The van der Waals surface area contributed by atoms with Crippen LogP contribution >= 0.6 is 0 Å². The molecule has 1 heterocycles. The minimum atomic E-state index is -0.596. The zero-order chi connectivity index (χ0) is 17.9. The lowest BCUT2D eigenvalue weighted by Gasteiger charge is -2.32. The monoisotopic (exact) mass is 322 g/mol. The van der Waals surface area contributed by atoms with Crippen LogP contribution in [0.4, 0.5) is 0 Å². The number of esters is 1. The number of hydrogen-bond donors (Lipinski definition) is 1. The molecule has 1 N–H and O–H groups in total. The largest absolute Gasteiger partial charge is 0.464 e. The Labute approximate surface area is 137 Å². The topological polar surface area (TPSA) is 79.5 Å². The van der Waals surface area contributed by atoms with Crippen molar-refractivity contribution in [2.24, 2.45) is 0 Å². The lowest BCUT2D eigenvalue weighted by molar-refractivity contribution is -0.133. The van der Waals surface area contributed by atoms with Gasteiger partial charge in [-0.3, -0.25) is 9.59 Å². The second-order valence-electron chi connectivity index (χ2n) is 5.91. The maximum Gasteiger partial charge on any atom is 0.354 e. The van der Waals surface area contributed by atoms with Gasteiger partial charge in [0.15, 0.2) is 5.78 Å². The molecule has 0 radical (unpaired) electrons. The first kappa shape index (κ1) is 18.9. The smallest absolute Gasteiger partial charge is 0.354 e. The average molecular weight is 322 g/mol. The number of Topliss-reactive ketones (excluding diaryl/α,β-unsaturated/α-hetero) is 1. The van der Waals surface area contributed by atoms with Crippen LogP contribution in [0.25, 0.3) is 0 Å². The number of hydrogen-bond acceptors (Lipinski definition) is 4. The van der Waals surface area contributed by atoms with Crippen LogP contribution in [0, 0.1) is 13.8 Å². The van der Waals surface area contributed by atoms with E-state index < -0.39 is 12.0 Å². The molecule has 128 valence electrons. The number of methoxy groups -OCH3 is 1. The molecule has 0 saturated heterocycles. The van der Waals surface area contributed by atoms with Gasteiger partial charge in [0.1, 0.15) is 5.69 Å². The van der Waals surface area contributed by atoms with Crippen molar-refractivity contribution in [3.05, 3.63) is 22.5 Å². The number of ketones is 1. The van der Waals surface area contributed by atoms with Crippen LogP contribution < -0.4 is 0 Å². The summed E-state index contributed by atoms with van der Waals surface area (Å²) in [7, 11) is 1.29. The molecule has 0 aromatic carbocycles. The summed E-state index contributed by atoms with van der Waals surface area (Å²) in [5, 5.41) is 0. The Hall–Kier alpha value is -2.11. The van der Waals surface area contributed by atoms with Gasteiger partial charge in [0, 0.05) is 23.7 Å². The molecule has 1 unspecified atom stereocenters. The lowest BCUT2D eigenvalue weighted by Crippen LogP contribution is -2.47. The number of nitrogens with one attached hydrogen (secondary N) is 1. The van der Waals surface area contributed by atoms with Gasteiger partial charge in [-0.05, 0) is 40.2 Å². The first-order valence-corrected chi connectivity index (χ1v) is 7.80. The molecule has 0 aliphatic carbocycles. The molecule has 1 amide bonds. The molecule has 0 spiro atoms. The Morgan fingerprint density at radius 2 is 1.74 bits per heavy atom. The third-order valence-electron chi connectivity index (χ3n) is 4.02. The van der Waals surface area contributed by atoms with Gasteiger partial charge in [0.25, 0.3) is 0 Å². The van der Waals surface area contributed by atoms with E-state index in [4.69, 9.17) is 4.74 Å². The molecule has 0 bridgehead atoms. The number of nitrogens with zero attached hydrogens (tertiary/aromatic N) is 1. The van der Waals surface area contributed by atoms with Gasteiger partial charge >= 0.3 is 5.97 Å². The number of aryl methyl sites for hydroxylation is 1. The average Bonchev–Trinajstić information content (AvgIpc) is 2.80. The Morgan fingerprint density at radius 3 is 2.17 bits per heavy atom. The minimum absolute atomic E-state index is 0.0696. The zero-order valence-electron chi connectivity index (χ0n) is 14.9. The fraction of sp³-hybridized carbons (Fsp3) is 0.588. The minimum Gasteiger partial charge on any atom is -0.464 e. The van der Waals surface area contributed by atoms with E-state index in [0.717, 1.165) is 0 Å². The molecule has 0 fully saturated rings. The van der Waals surface area contributed by atoms with E-state index in [1.165, 1.54) is 7.11 Å². The Morgan fingerprint density at radius 1 is 1.17 bits per heavy atom. The van der Waals surface area contributed by atoms with Crippen LogP contribution in [0.3, 0.4) is 0 Å². The second-order valence-corrected chi connectivity index (χ2v) is 5.91. The van der Waals surface area contributed by atoms with E-state index >= 15 is 0 Å². The van der Waals surface area contributed by atoms with Crippen molar-refractivity contribution in [2.75, 3.05) is 7.11 Å². The van der Waals surface area contributed by atoms with Gasteiger partial charge < -0.3 is 14.6 Å². The molecule has 1 rings (SSSR count). The van der Waals surface area contributed by atoms with Crippen molar-refractivity contribution in [2.45, 2.75) is 60.0 Å². The molecule has 0 saturated carbocycles. The Bertz CT molecular complexity index is 616. The molecule has 1 atom stereocenters. The number of aromatic nitrogens is 1. The predicted molar refractivity (Wildman–Crippen MR) is 87.7 cm³/mol. The van der Waals surface area contributed by atoms with Gasteiger partial charge in [0.2, 0.25) is 5.91 Å². The van der Waals surface area contributed by atoms with Gasteiger partial charge in [0.05, 0.1) is 13.2 Å². The van der Waals surface area contributed by atoms with Gasteiger partial charge in [-0.1, -0.05) is 6.92 Å². The van der Waals surface area contributed by atoms with E-state index in [1.54, 1.807) is 32.6 Å². The fourth-order valence-corrected chi connectivity index (χ4v) is 2.89. The summed E-state index contributed by atoms with van der Waals surface area (Å²) in [6, 6.07) is -0.679. The van der Waals surface area contributed by atoms with Crippen LogP contribution in [-0.4, -0.2) is 46.7 Å². The van der Waals surface area contributed by atoms with Crippen molar-refractivity contribution in [1.29, 1.82) is 0 Å². The summed E-state index contributed by atoms with van der Waals surface area (Å²) < 4.78 is 4.72. The summed E-state index contributed by atoms with van der Waals surface area (Å²) in [5.74, 6) is -0.760. The van der Waals surface area contributed by atoms with Gasteiger partial charge in [-0.15, -0.1) is 0 Å². The standard InChI is InChI=1S/C17H26N2O4/c1-8-13(20)19(9(2)3)12(6)16(21)14-10(4)15(17(22)23-7)18-11(14)5/h9,12,18H,8H2,1-7H3. The highest BCUT2D eigenvalue weighted by molar-refractivity contribution is 6.06. The highest BCUT2D eigenvalue weighted by atomic mass is 16.5. The van der Waals surface area contributed by atoms with Crippen molar-refractivity contribution in [3.63, 3.8) is 0 Å². The van der Waals surface area contributed by atoms with E-state index in [0.29, 0.717) is 23.2 Å². The van der Waals surface area contributed by atoms with Crippen molar-refractivity contribution >= 4 is 17.7 Å². The Balaban J connectivity index is 3.26. The maximum absolute atomic E-state index is 12.9. The van der Waals surface area contributed by atoms with E-state index in [1.807, 2.05) is 13.8 Å². The van der Waals surface area contributed by atoms with Gasteiger partial charge in [-0.25, -0.2) is 4.79 Å². The highest BCUT2D eigenvalue weighted by Crippen LogP contribution is 2.23. The van der Waals surface area contributed by atoms with Crippen LogP contribution in [0.2, 0.25) is 0 Å². The molecular formula is C17H26N2O4. The molecule has 0 aliphatic rings. The summed E-state index contributed by atoms with van der Waals surface area (Å²) in [6.45, 7) is 10.7. The van der Waals surface area contributed by atoms with Crippen LogP contribution in [0.5, 0.6) is 0 Å². The zero-order valence-corrected chi connectivity index (χ0v) is 14.9. The number of H-pyrrole nitrogens is 1. The van der Waals surface area contributed by atoms with Crippen LogP contribution in [-0.2, 0) is 9.53 Å². The number of carbonyl (C=O) groups is 3. The number of aromatic amines is 1. The van der Waals surface area contributed by atoms with Gasteiger partial charge in [-0.2, -0.15) is 0 Å². The third-order valence-corrected chi connectivity index (χ3v) is 4.02. The summed E-state index contributed by atoms with van der Waals surface area (Å²) in [5.41, 5.74) is 1.89. The molecule has 6 heteroatoms. The maximum atomic E-state index is 12.9. The first-order valence-electron chi connectivity index (χ1n) is 7.80. The highest BCUT2D eigenvalue weighted by Gasteiger charge is 2.31. The second kappa shape index (κ2) is 7.44. The van der Waals surface area contributed by atoms with E-state index in [9.17, 15) is 14.4 Å². The van der Waals surface area contributed by atoms with Crippen molar-refractivity contribution in [1.82, 2.24) is 9.88 Å². The first-order chi connectivity index (χ1) is 10.7. The predicted octanol–water partition coefficient (Wildman–Crippen LogP) is 2.64. The summed E-state index contributed by atoms with van der Waals surface area (Å²) in [4.78, 5) is 41.3. The molecular weight excluding hydrogens is 296 g/mol. The third kappa shape index (κ3) is 3.63. The summed E-state index contributed by atoms with van der Waals surface area (Å²) in [6.07, 6.45) is 0.342. The number of ether oxygens (including phenoxy) is 1. The summed E-state index contributed by atoms with van der Waals surface area (Å²) >= 11 is 0. The molecule has 6 nitrogen and oxygen atoms in total. The van der Waals surface area contributed by atoms with Crippen molar-refractivity contribution < 1.29 is 19.1 Å². The van der Waals surface area contributed by atoms with E-state index in [2.05, 4.69) is 4.98 Å². The van der Waals surface area contributed by atoms with Crippen molar-refractivity contribution in [3.8, 4) is 0 Å². The Kier molecular flexibility index (Phi) is 6.12. The molecule has 23 heavy (non-hydrogen) atoms. The fourth-order valence-electron chi connectivity index (χ4n) is 2.89. The number of amides is 1. The van der Waals surface area contributed by atoms with Crippen LogP contribution in [0.1, 0.15) is 66.2 Å². The normalized spacial score (nSPS) is 12.2.